The maximum absolute atomic E-state index is 12.3. The largest absolute Gasteiger partial charge is 0.484 e. The van der Waals surface area contributed by atoms with E-state index in [1.54, 1.807) is 26.3 Å². The predicted molar refractivity (Wildman–Crippen MR) is 114 cm³/mol. The summed E-state index contributed by atoms with van der Waals surface area (Å²) >= 11 is 0. The second-order valence-corrected chi connectivity index (χ2v) is 6.93. The van der Waals surface area contributed by atoms with E-state index in [0.29, 0.717) is 12.5 Å². The van der Waals surface area contributed by atoms with E-state index in [1.807, 2.05) is 6.07 Å². The molecule has 1 aliphatic rings. The van der Waals surface area contributed by atoms with Crippen molar-refractivity contribution in [1.82, 2.24) is 10.6 Å². The van der Waals surface area contributed by atoms with Crippen molar-refractivity contribution in [3.63, 3.8) is 0 Å². The number of alkyl halides is 3. The first-order valence-corrected chi connectivity index (χ1v) is 9.08. The van der Waals surface area contributed by atoms with Gasteiger partial charge in [0.15, 0.2) is 12.6 Å². The summed E-state index contributed by atoms with van der Waals surface area (Å²) in [7, 11) is 3.41. The Bertz CT molecular complexity index is 623. The van der Waals surface area contributed by atoms with E-state index in [2.05, 4.69) is 15.6 Å². The van der Waals surface area contributed by atoms with Gasteiger partial charge in [0.05, 0.1) is 0 Å². The summed E-state index contributed by atoms with van der Waals surface area (Å²) in [6.45, 7) is 0.716. The van der Waals surface area contributed by atoms with Crippen LogP contribution in [0.25, 0.3) is 0 Å². The molecule has 0 atom stereocenters. The molecule has 0 spiro atoms. The van der Waals surface area contributed by atoms with Crippen LogP contribution in [-0.4, -0.2) is 46.1 Å². The second-order valence-electron chi connectivity index (χ2n) is 6.93. The van der Waals surface area contributed by atoms with Gasteiger partial charge in [-0.05, 0) is 42.4 Å². The van der Waals surface area contributed by atoms with Gasteiger partial charge in [0.25, 0.3) is 0 Å². The van der Waals surface area contributed by atoms with E-state index >= 15 is 0 Å². The van der Waals surface area contributed by atoms with E-state index in [0.717, 1.165) is 25.1 Å². The van der Waals surface area contributed by atoms with Crippen LogP contribution in [0.3, 0.4) is 0 Å². The first-order chi connectivity index (χ1) is 12.9. The number of methoxy groups -OCH3 is 1. The van der Waals surface area contributed by atoms with Gasteiger partial charge in [-0.25, -0.2) is 0 Å². The fourth-order valence-electron chi connectivity index (χ4n) is 3.10. The van der Waals surface area contributed by atoms with Gasteiger partial charge in [-0.2, -0.15) is 13.2 Å². The minimum absolute atomic E-state index is 0. The number of rotatable bonds is 9. The van der Waals surface area contributed by atoms with Gasteiger partial charge in [-0.1, -0.05) is 18.6 Å². The lowest BCUT2D eigenvalue weighted by Crippen LogP contribution is -2.46. The lowest BCUT2D eigenvalue weighted by molar-refractivity contribution is -0.153. The molecule has 0 amide bonds. The highest BCUT2D eigenvalue weighted by Crippen LogP contribution is 2.43. The molecule has 0 radical (unpaired) electrons. The van der Waals surface area contributed by atoms with Gasteiger partial charge in [0.2, 0.25) is 0 Å². The summed E-state index contributed by atoms with van der Waals surface area (Å²) in [6.07, 6.45) is 0.270. The van der Waals surface area contributed by atoms with Crippen molar-refractivity contribution < 1.29 is 22.6 Å². The smallest absolute Gasteiger partial charge is 0.422 e. The Hall–Kier alpha value is -1.23. The fourth-order valence-corrected chi connectivity index (χ4v) is 3.10. The zero-order valence-corrected chi connectivity index (χ0v) is 18.6. The Morgan fingerprint density at radius 1 is 1.25 bits per heavy atom. The number of nitrogens with zero attached hydrogens (tertiary/aromatic N) is 1. The fraction of sp³-hybridized carbons (Fsp3) is 0.632. The molecular weight excluding hydrogens is 486 g/mol. The highest BCUT2D eigenvalue weighted by atomic mass is 127. The van der Waals surface area contributed by atoms with Crippen LogP contribution in [0.15, 0.2) is 29.3 Å². The third-order valence-corrected chi connectivity index (χ3v) is 4.87. The minimum atomic E-state index is -4.35. The molecule has 1 aromatic rings. The standard InChI is InChI=1S/C19H28F3N3O2.HI/c1-23-17(25-13-18(7-4-8-18)9-10-26-2)24-12-15-5-3-6-16(11-15)27-14-19(20,21)22;/h3,5-6,11H,4,7-10,12-14H2,1-2H3,(H2,23,24,25);1H. The third-order valence-electron chi connectivity index (χ3n) is 4.87. The Kier molecular flexibility index (Phi) is 10.4. The van der Waals surface area contributed by atoms with Crippen LogP contribution in [0, 0.1) is 5.41 Å². The molecular formula is C19H29F3IN3O2. The number of guanidine groups is 1. The molecule has 2 rings (SSSR count). The SMILES string of the molecule is CN=C(NCc1cccc(OCC(F)(F)F)c1)NCC1(CCOC)CCC1.I. The molecule has 2 N–H and O–H groups in total. The van der Waals surface area contributed by atoms with E-state index in [1.165, 1.54) is 25.3 Å². The van der Waals surface area contributed by atoms with Gasteiger partial charge in [-0.15, -0.1) is 24.0 Å². The van der Waals surface area contributed by atoms with E-state index in [4.69, 9.17) is 9.47 Å². The maximum Gasteiger partial charge on any atom is 0.422 e. The lowest BCUT2D eigenvalue weighted by atomic mass is 9.67. The van der Waals surface area contributed by atoms with Crippen LogP contribution in [0.1, 0.15) is 31.2 Å². The summed E-state index contributed by atoms with van der Waals surface area (Å²) in [5, 5.41) is 6.55. The van der Waals surface area contributed by atoms with Crippen molar-refractivity contribution in [1.29, 1.82) is 0 Å². The van der Waals surface area contributed by atoms with Gasteiger partial charge in [0.1, 0.15) is 5.75 Å². The molecule has 0 aromatic heterocycles. The van der Waals surface area contributed by atoms with E-state index in [-0.39, 0.29) is 35.1 Å². The Labute approximate surface area is 181 Å². The molecule has 1 aliphatic carbocycles. The topological polar surface area (TPSA) is 54.9 Å². The van der Waals surface area contributed by atoms with E-state index < -0.39 is 12.8 Å². The number of aliphatic imine (C=N–C) groups is 1. The van der Waals surface area contributed by atoms with Crippen molar-refractivity contribution in [2.45, 2.75) is 38.4 Å². The molecule has 0 heterocycles. The third kappa shape index (κ3) is 8.42. The molecule has 1 aromatic carbocycles. The Balaban J connectivity index is 0.00000392. The first-order valence-electron chi connectivity index (χ1n) is 9.08. The average molecular weight is 515 g/mol. The Morgan fingerprint density at radius 2 is 2.00 bits per heavy atom. The van der Waals surface area contributed by atoms with Crippen LogP contribution in [-0.2, 0) is 11.3 Å². The molecule has 160 valence electrons. The average Bonchev–Trinajstić information content (AvgIpc) is 2.61. The number of halogens is 4. The summed E-state index contributed by atoms with van der Waals surface area (Å²) in [4.78, 5) is 4.22. The summed E-state index contributed by atoms with van der Waals surface area (Å²) in [5.41, 5.74) is 1.08. The molecule has 28 heavy (non-hydrogen) atoms. The lowest BCUT2D eigenvalue weighted by Gasteiger charge is -2.42. The predicted octanol–water partition coefficient (Wildman–Crippen LogP) is 4.12. The van der Waals surface area contributed by atoms with E-state index in [9.17, 15) is 13.2 Å². The molecule has 0 bridgehead atoms. The van der Waals surface area contributed by atoms with Crippen LogP contribution >= 0.6 is 24.0 Å². The molecule has 1 fully saturated rings. The maximum atomic E-state index is 12.3. The highest BCUT2D eigenvalue weighted by molar-refractivity contribution is 14.0. The molecule has 0 saturated heterocycles. The molecule has 9 heteroatoms. The van der Waals surface area contributed by atoms with Crippen molar-refractivity contribution in [2.75, 3.05) is 33.9 Å². The number of benzene rings is 1. The molecule has 1 saturated carbocycles. The van der Waals surface area contributed by atoms with Crippen molar-refractivity contribution in [2.24, 2.45) is 10.4 Å². The van der Waals surface area contributed by atoms with Crippen LogP contribution < -0.4 is 15.4 Å². The van der Waals surface area contributed by atoms with Crippen LogP contribution in [0.2, 0.25) is 0 Å². The minimum Gasteiger partial charge on any atom is -0.484 e. The van der Waals surface area contributed by atoms with Crippen molar-refractivity contribution >= 4 is 29.9 Å². The molecule has 5 nitrogen and oxygen atoms in total. The quantitative estimate of drug-likeness (QED) is 0.295. The molecule has 0 aliphatic heterocycles. The highest BCUT2D eigenvalue weighted by Gasteiger charge is 2.36. The summed E-state index contributed by atoms with van der Waals surface area (Å²) in [6, 6.07) is 6.61. The van der Waals surface area contributed by atoms with Gasteiger partial charge in [-0.3, -0.25) is 4.99 Å². The second kappa shape index (κ2) is 11.7. The number of hydrogen-bond acceptors (Lipinski definition) is 3. The first kappa shape index (κ1) is 24.8. The number of nitrogens with one attached hydrogen (secondary N) is 2. The van der Waals surface area contributed by atoms with Gasteiger partial charge < -0.3 is 20.1 Å². The zero-order valence-electron chi connectivity index (χ0n) is 16.3. The molecule has 0 unspecified atom stereocenters. The number of ether oxygens (including phenoxy) is 2. The van der Waals surface area contributed by atoms with Crippen LogP contribution in [0.5, 0.6) is 5.75 Å². The zero-order chi connectivity index (χ0) is 19.8. The Morgan fingerprint density at radius 3 is 2.57 bits per heavy atom. The summed E-state index contributed by atoms with van der Waals surface area (Å²) in [5.74, 6) is 0.864. The normalized spacial score (nSPS) is 16.0. The van der Waals surface area contributed by atoms with Crippen molar-refractivity contribution in [3.05, 3.63) is 29.8 Å². The van der Waals surface area contributed by atoms with Gasteiger partial charge in [0, 0.05) is 33.9 Å². The van der Waals surface area contributed by atoms with Crippen LogP contribution in [0.4, 0.5) is 13.2 Å². The van der Waals surface area contributed by atoms with Crippen molar-refractivity contribution in [3.8, 4) is 5.75 Å². The van der Waals surface area contributed by atoms with Gasteiger partial charge >= 0.3 is 6.18 Å². The monoisotopic (exact) mass is 515 g/mol. The summed E-state index contributed by atoms with van der Waals surface area (Å²) < 4.78 is 46.8. The number of hydrogen-bond donors (Lipinski definition) is 2.